The van der Waals surface area contributed by atoms with E-state index in [4.69, 9.17) is 16.0 Å². The molecule has 3 rings (SSSR count). The van der Waals surface area contributed by atoms with Gasteiger partial charge in [-0.25, -0.2) is 8.78 Å². The highest BCUT2D eigenvalue weighted by Crippen LogP contribution is 2.30. The molecule has 6 heteroatoms. The summed E-state index contributed by atoms with van der Waals surface area (Å²) in [6.07, 6.45) is 1.17. The number of hydrogen-bond donors (Lipinski definition) is 1. The molecule has 0 saturated heterocycles. The number of fused-ring (bicyclic) bond motifs is 1. The number of rotatable bonds is 3. The zero-order valence-corrected chi connectivity index (χ0v) is 12.0. The fraction of sp³-hybridized carbons (Fsp3) is 0.0625. The first-order chi connectivity index (χ1) is 10.6. The molecular formula is C16H10ClF2NO2. The predicted molar refractivity (Wildman–Crippen MR) is 79.9 cm³/mol. The van der Waals surface area contributed by atoms with Gasteiger partial charge in [0, 0.05) is 10.9 Å². The van der Waals surface area contributed by atoms with E-state index < -0.39 is 17.5 Å². The molecule has 0 bridgehead atoms. The van der Waals surface area contributed by atoms with Gasteiger partial charge in [-0.3, -0.25) is 4.79 Å². The Labute approximate surface area is 129 Å². The van der Waals surface area contributed by atoms with Crippen LogP contribution in [0.3, 0.4) is 0 Å². The average Bonchev–Trinajstić information content (AvgIpc) is 2.97. The second kappa shape index (κ2) is 5.77. The Balaban J connectivity index is 1.83. The maximum Gasteiger partial charge on any atom is 0.229 e. The zero-order chi connectivity index (χ0) is 15.7. The van der Waals surface area contributed by atoms with Crippen molar-refractivity contribution in [2.45, 2.75) is 6.42 Å². The number of furan rings is 1. The number of amides is 1. The highest BCUT2D eigenvalue weighted by Gasteiger charge is 2.14. The zero-order valence-electron chi connectivity index (χ0n) is 11.2. The van der Waals surface area contributed by atoms with Crippen LogP contribution in [0.2, 0.25) is 5.02 Å². The van der Waals surface area contributed by atoms with Gasteiger partial charge in [-0.2, -0.15) is 0 Å². The molecule has 0 unspecified atom stereocenters. The van der Waals surface area contributed by atoms with E-state index in [1.54, 1.807) is 18.2 Å². The summed E-state index contributed by atoms with van der Waals surface area (Å²) in [5.41, 5.74) is 0.842. The Bertz CT molecular complexity index is 860. The van der Waals surface area contributed by atoms with Crippen molar-refractivity contribution in [1.82, 2.24) is 0 Å². The molecule has 1 amide bonds. The summed E-state index contributed by atoms with van der Waals surface area (Å²) in [6, 6.07) is 8.62. The molecule has 2 aromatic carbocycles. The monoisotopic (exact) mass is 321 g/mol. The third-order valence-corrected chi connectivity index (χ3v) is 3.55. The first kappa shape index (κ1) is 14.5. The van der Waals surface area contributed by atoms with Crippen LogP contribution in [0.1, 0.15) is 5.56 Å². The molecule has 22 heavy (non-hydrogen) atoms. The summed E-state index contributed by atoms with van der Waals surface area (Å²) >= 11 is 6.01. The highest BCUT2D eigenvalue weighted by molar-refractivity contribution is 6.35. The van der Waals surface area contributed by atoms with Crippen LogP contribution >= 0.6 is 11.6 Å². The van der Waals surface area contributed by atoms with Crippen molar-refractivity contribution in [3.05, 3.63) is 64.9 Å². The summed E-state index contributed by atoms with van der Waals surface area (Å²) in [6.45, 7) is 0. The molecule has 1 heterocycles. The Morgan fingerprint density at radius 1 is 1.18 bits per heavy atom. The standard InChI is InChI=1S/C16H10ClF2NO2/c17-11-4-5-13(16-10(11)6-7-22-16)20-14(21)8-9-2-1-3-12(18)15(9)19/h1-7H,8H2,(H,20,21). The van der Waals surface area contributed by atoms with Gasteiger partial charge in [0.25, 0.3) is 0 Å². The Morgan fingerprint density at radius 3 is 2.82 bits per heavy atom. The lowest BCUT2D eigenvalue weighted by atomic mass is 10.1. The van der Waals surface area contributed by atoms with Crippen molar-refractivity contribution < 1.29 is 18.0 Å². The van der Waals surface area contributed by atoms with Gasteiger partial charge in [-0.15, -0.1) is 0 Å². The Morgan fingerprint density at radius 2 is 2.00 bits per heavy atom. The lowest BCUT2D eigenvalue weighted by molar-refractivity contribution is -0.115. The third kappa shape index (κ3) is 2.67. The maximum atomic E-state index is 13.6. The molecule has 0 fully saturated rings. The fourth-order valence-corrected chi connectivity index (χ4v) is 2.39. The number of benzene rings is 2. The van der Waals surface area contributed by atoms with Crippen LogP contribution in [-0.2, 0) is 11.2 Å². The lowest BCUT2D eigenvalue weighted by Gasteiger charge is -2.07. The number of nitrogens with one attached hydrogen (secondary N) is 1. The molecule has 112 valence electrons. The van der Waals surface area contributed by atoms with E-state index in [9.17, 15) is 13.6 Å². The van der Waals surface area contributed by atoms with Crippen molar-refractivity contribution in [2.75, 3.05) is 5.32 Å². The smallest absolute Gasteiger partial charge is 0.229 e. The molecule has 0 aliphatic rings. The molecule has 0 radical (unpaired) electrons. The van der Waals surface area contributed by atoms with Crippen LogP contribution in [0.5, 0.6) is 0 Å². The quantitative estimate of drug-likeness (QED) is 0.769. The van der Waals surface area contributed by atoms with E-state index in [2.05, 4.69) is 5.32 Å². The van der Waals surface area contributed by atoms with Crippen molar-refractivity contribution in [2.24, 2.45) is 0 Å². The number of carbonyl (C=O) groups excluding carboxylic acids is 1. The molecule has 0 atom stereocenters. The summed E-state index contributed by atoms with van der Waals surface area (Å²) in [5, 5.41) is 3.77. The van der Waals surface area contributed by atoms with Crippen LogP contribution in [0.15, 0.2) is 47.1 Å². The minimum Gasteiger partial charge on any atom is -0.462 e. The Hall–Kier alpha value is -2.40. The predicted octanol–water partition coefficient (Wildman–Crippen LogP) is 4.55. The van der Waals surface area contributed by atoms with Crippen LogP contribution < -0.4 is 5.32 Å². The number of carbonyl (C=O) groups is 1. The molecule has 0 aliphatic carbocycles. The van der Waals surface area contributed by atoms with Crippen molar-refractivity contribution in [3.8, 4) is 0 Å². The van der Waals surface area contributed by atoms with Crippen LogP contribution in [0.4, 0.5) is 14.5 Å². The van der Waals surface area contributed by atoms with Gasteiger partial charge < -0.3 is 9.73 Å². The Kier molecular flexibility index (Phi) is 3.81. The summed E-state index contributed by atoms with van der Waals surface area (Å²) in [4.78, 5) is 12.0. The van der Waals surface area contributed by atoms with Gasteiger partial charge in [-0.05, 0) is 24.3 Å². The summed E-state index contributed by atoms with van der Waals surface area (Å²) in [7, 11) is 0. The van der Waals surface area contributed by atoms with E-state index in [-0.39, 0.29) is 12.0 Å². The number of hydrogen-bond acceptors (Lipinski definition) is 2. The molecular weight excluding hydrogens is 312 g/mol. The number of halogens is 3. The van der Waals surface area contributed by atoms with Crippen molar-refractivity contribution in [1.29, 1.82) is 0 Å². The fourth-order valence-electron chi connectivity index (χ4n) is 2.18. The second-order valence-corrected chi connectivity index (χ2v) is 5.10. The van der Waals surface area contributed by atoms with Crippen LogP contribution in [-0.4, -0.2) is 5.91 Å². The first-order valence-electron chi connectivity index (χ1n) is 6.44. The topological polar surface area (TPSA) is 42.2 Å². The van der Waals surface area contributed by atoms with E-state index in [1.165, 1.54) is 18.4 Å². The van der Waals surface area contributed by atoms with Gasteiger partial charge in [0.15, 0.2) is 17.2 Å². The average molecular weight is 322 g/mol. The van der Waals surface area contributed by atoms with E-state index in [1.807, 2.05) is 0 Å². The van der Waals surface area contributed by atoms with Gasteiger partial charge in [0.2, 0.25) is 5.91 Å². The van der Waals surface area contributed by atoms with Gasteiger partial charge in [0.05, 0.1) is 23.4 Å². The SMILES string of the molecule is O=C(Cc1cccc(F)c1F)Nc1ccc(Cl)c2ccoc12. The van der Waals surface area contributed by atoms with Crippen LogP contribution in [0.25, 0.3) is 11.0 Å². The van der Waals surface area contributed by atoms with Gasteiger partial charge >= 0.3 is 0 Å². The van der Waals surface area contributed by atoms with Crippen LogP contribution in [0, 0.1) is 11.6 Å². The normalized spacial score (nSPS) is 10.9. The van der Waals surface area contributed by atoms with E-state index in [0.29, 0.717) is 21.7 Å². The summed E-state index contributed by atoms with van der Waals surface area (Å²) < 4.78 is 32.0. The number of anilines is 1. The minimum atomic E-state index is -1.02. The van der Waals surface area contributed by atoms with E-state index >= 15 is 0 Å². The van der Waals surface area contributed by atoms with Gasteiger partial charge in [-0.1, -0.05) is 23.7 Å². The summed E-state index contributed by atoms with van der Waals surface area (Å²) in [5.74, 6) is -2.48. The molecule has 0 saturated carbocycles. The third-order valence-electron chi connectivity index (χ3n) is 3.22. The minimum absolute atomic E-state index is 0.0119. The first-order valence-corrected chi connectivity index (χ1v) is 6.82. The van der Waals surface area contributed by atoms with Crippen molar-refractivity contribution >= 4 is 34.2 Å². The molecule has 1 aromatic heterocycles. The molecule has 3 nitrogen and oxygen atoms in total. The molecule has 1 N–H and O–H groups in total. The van der Waals surface area contributed by atoms with Gasteiger partial charge in [0.1, 0.15) is 0 Å². The lowest BCUT2D eigenvalue weighted by Crippen LogP contribution is -2.15. The molecule has 3 aromatic rings. The second-order valence-electron chi connectivity index (χ2n) is 4.70. The maximum absolute atomic E-state index is 13.6. The highest BCUT2D eigenvalue weighted by atomic mass is 35.5. The van der Waals surface area contributed by atoms with E-state index in [0.717, 1.165) is 6.07 Å². The molecule has 0 spiro atoms. The molecule has 0 aliphatic heterocycles. The largest absolute Gasteiger partial charge is 0.462 e. The van der Waals surface area contributed by atoms with Crippen molar-refractivity contribution in [3.63, 3.8) is 0 Å².